The van der Waals surface area contributed by atoms with Crippen LogP contribution in [0.25, 0.3) is 0 Å². The van der Waals surface area contributed by atoms with Crippen LogP contribution in [0.1, 0.15) is 74.1 Å². The number of rotatable bonds is 2. The molecule has 1 saturated carbocycles. The molecule has 132 valence electrons. The molecule has 0 aromatic carbocycles. The first-order valence-corrected chi connectivity index (χ1v) is 9.21. The molecule has 2 unspecified atom stereocenters. The van der Waals surface area contributed by atoms with E-state index >= 15 is 0 Å². The minimum absolute atomic E-state index is 0.115. The van der Waals surface area contributed by atoms with E-state index in [2.05, 4.69) is 33.0 Å². The van der Waals surface area contributed by atoms with Gasteiger partial charge in [-0.2, -0.15) is 0 Å². The lowest BCUT2D eigenvalue weighted by Gasteiger charge is -2.40. The molecule has 2 aliphatic heterocycles. The predicted molar refractivity (Wildman–Crippen MR) is 92.4 cm³/mol. The molecule has 2 heterocycles. The second-order valence-corrected chi connectivity index (χ2v) is 9.98. The van der Waals surface area contributed by atoms with Crippen molar-refractivity contribution in [3.05, 3.63) is 0 Å². The molecule has 3 aliphatic rings. The summed E-state index contributed by atoms with van der Waals surface area (Å²) >= 11 is 0. The number of hydrogen-bond donors (Lipinski definition) is 1. The van der Waals surface area contributed by atoms with Gasteiger partial charge in [-0.15, -0.1) is 0 Å². The first-order valence-electron chi connectivity index (χ1n) is 9.21. The average molecular weight is 322 g/mol. The van der Waals surface area contributed by atoms with Gasteiger partial charge in [0, 0.05) is 24.2 Å². The lowest BCUT2D eigenvalue weighted by Crippen LogP contribution is -2.53. The third-order valence-electron chi connectivity index (χ3n) is 6.76. The van der Waals surface area contributed by atoms with Crippen LogP contribution in [-0.2, 0) is 4.74 Å². The van der Waals surface area contributed by atoms with Crippen LogP contribution in [0.3, 0.4) is 0 Å². The van der Waals surface area contributed by atoms with Crippen molar-refractivity contribution in [2.24, 2.45) is 10.8 Å². The molecule has 1 aliphatic carbocycles. The van der Waals surface area contributed by atoms with Crippen LogP contribution >= 0.6 is 0 Å². The molecule has 3 rings (SSSR count). The SMILES string of the molecule is CC(C)(C)OC(=O)N1C2CCC1CC(NC1C(C)(C)C1(C)C)C2. The Bertz CT molecular complexity index is 464. The van der Waals surface area contributed by atoms with Crippen molar-refractivity contribution in [1.82, 2.24) is 10.2 Å². The van der Waals surface area contributed by atoms with Crippen LogP contribution in [0.15, 0.2) is 0 Å². The summed E-state index contributed by atoms with van der Waals surface area (Å²) in [7, 11) is 0. The van der Waals surface area contributed by atoms with Crippen LogP contribution in [0.5, 0.6) is 0 Å². The van der Waals surface area contributed by atoms with E-state index in [1.54, 1.807) is 0 Å². The summed E-state index contributed by atoms with van der Waals surface area (Å²) < 4.78 is 5.62. The maximum absolute atomic E-state index is 12.5. The topological polar surface area (TPSA) is 41.6 Å². The molecule has 0 aromatic heterocycles. The first-order chi connectivity index (χ1) is 10.4. The molecule has 3 fully saturated rings. The number of carbonyl (C=O) groups is 1. The predicted octanol–water partition coefficient (Wildman–Crippen LogP) is 3.94. The molecule has 0 aromatic rings. The zero-order valence-corrected chi connectivity index (χ0v) is 15.9. The second-order valence-electron chi connectivity index (χ2n) is 9.98. The maximum atomic E-state index is 12.5. The summed E-state index contributed by atoms with van der Waals surface area (Å²) in [5.41, 5.74) is 0.330. The molecule has 0 spiro atoms. The molecular formula is C19H34N2O2. The molecule has 23 heavy (non-hydrogen) atoms. The summed E-state index contributed by atoms with van der Waals surface area (Å²) in [6.45, 7) is 15.3. The third-order valence-corrected chi connectivity index (χ3v) is 6.76. The van der Waals surface area contributed by atoms with Crippen molar-refractivity contribution >= 4 is 6.09 Å². The second kappa shape index (κ2) is 5.11. The van der Waals surface area contributed by atoms with E-state index in [0.29, 0.717) is 35.0 Å². The lowest BCUT2D eigenvalue weighted by atomic mass is 9.97. The van der Waals surface area contributed by atoms with Crippen molar-refractivity contribution in [1.29, 1.82) is 0 Å². The highest BCUT2D eigenvalue weighted by Gasteiger charge is 2.65. The van der Waals surface area contributed by atoms with Crippen molar-refractivity contribution < 1.29 is 9.53 Å². The number of ether oxygens (including phenoxy) is 1. The van der Waals surface area contributed by atoms with Gasteiger partial charge in [-0.25, -0.2) is 4.79 Å². The number of piperidine rings is 1. The summed E-state index contributed by atoms with van der Waals surface area (Å²) in [4.78, 5) is 14.5. The zero-order chi connectivity index (χ0) is 17.2. The molecule has 0 radical (unpaired) electrons. The number of amides is 1. The van der Waals surface area contributed by atoms with Crippen LogP contribution < -0.4 is 5.32 Å². The standard InChI is InChI=1S/C19H34N2O2/c1-17(2,3)23-16(22)21-13-8-9-14(21)11-12(10-13)20-15-18(4,5)19(15,6)7/h12-15,20H,8-11H2,1-7H3. The zero-order valence-electron chi connectivity index (χ0n) is 15.9. The average Bonchev–Trinajstić information content (AvgIpc) is 2.62. The quantitative estimate of drug-likeness (QED) is 0.837. The normalized spacial score (nSPS) is 35.3. The molecule has 2 bridgehead atoms. The first kappa shape index (κ1) is 17.1. The monoisotopic (exact) mass is 322 g/mol. The molecule has 1 amide bonds. The summed E-state index contributed by atoms with van der Waals surface area (Å²) in [6.07, 6.45) is 4.27. The number of hydrogen-bond acceptors (Lipinski definition) is 3. The van der Waals surface area contributed by atoms with Gasteiger partial charge < -0.3 is 15.0 Å². The summed E-state index contributed by atoms with van der Waals surface area (Å²) in [5, 5.41) is 3.90. The van der Waals surface area contributed by atoms with Crippen LogP contribution in [0.4, 0.5) is 4.79 Å². The fourth-order valence-corrected chi connectivity index (χ4v) is 4.77. The molecular weight excluding hydrogens is 288 g/mol. The maximum Gasteiger partial charge on any atom is 0.410 e. The van der Waals surface area contributed by atoms with Crippen molar-refractivity contribution in [3.63, 3.8) is 0 Å². The number of nitrogens with zero attached hydrogens (tertiary/aromatic N) is 1. The van der Waals surface area contributed by atoms with Gasteiger partial charge in [0.25, 0.3) is 0 Å². The van der Waals surface area contributed by atoms with E-state index in [0.717, 1.165) is 25.7 Å². The van der Waals surface area contributed by atoms with Crippen molar-refractivity contribution in [2.45, 2.75) is 104 Å². The lowest BCUT2D eigenvalue weighted by molar-refractivity contribution is 0.00446. The minimum Gasteiger partial charge on any atom is -0.444 e. The minimum atomic E-state index is -0.409. The molecule has 1 N–H and O–H groups in total. The van der Waals surface area contributed by atoms with Crippen LogP contribution in [-0.4, -0.2) is 40.8 Å². The highest BCUT2D eigenvalue weighted by molar-refractivity contribution is 5.69. The van der Waals surface area contributed by atoms with Crippen LogP contribution in [0, 0.1) is 10.8 Å². The van der Waals surface area contributed by atoms with Crippen molar-refractivity contribution in [3.8, 4) is 0 Å². The Labute approximate surface area is 141 Å². The van der Waals surface area contributed by atoms with Gasteiger partial charge in [-0.05, 0) is 57.3 Å². The van der Waals surface area contributed by atoms with Crippen LogP contribution in [0.2, 0.25) is 0 Å². The Hall–Kier alpha value is -0.770. The fourth-order valence-electron chi connectivity index (χ4n) is 4.77. The highest BCUT2D eigenvalue weighted by Crippen LogP contribution is 2.63. The highest BCUT2D eigenvalue weighted by atomic mass is 16.6. The fraction of sp³-hybridized carbons (Fsp3) is 0.947. The number of fused-ring (bicyclic) bond motifs is 2. The van der Waals surface area contributed by atoms with Gasteiger partial charge in [-0.1, -0.05) is 27.7 Å². The summed E-state index contributed by atoms with van der Waals surface area (Å²) in [6, 6.07) is 1.84. The molecule has 4 nitrogen and oxygen atoms in total. The summed E-state index contributed by atoms with van der Waals surface area (Å²) in [5.74, 6) is 0. The largest absolute Gasteiger partial charge is 0.444 e. The molecule has 2 atom stereocenters. The van der Waals surface area contributed by atoms with E-state index < -0.39 is 5.60 Å². The third kappa shape index (κ3) is 2.88. The Morgan fingerprint density at radius 1 is 1.04 bits per heavy atom. The van der Waals surface area contributed by atoms with Gasteiger partial charge in [0.05, 0.1) is 0 Å². The van der Waals surface area contributed by atoms with Gasteiger partial charge in [0.15, 0.2) is 0 Å². The van der Waals surface area contributed by atoms with Gasteiger partial charge >= 0.3 is 6.09 Å². The van der Waals surface area contributed by atoms with E-state index in [-0.39, 0.29) is 6.09 Å². The number of nitrogens with one attached hydrogen (secondary N) is 1. The van der Waals surface area contributed by atoms with E-state index in [1.165, 1.54) is 0 Å². The smallest absolute Gasteiger partial charge is 0.410 e. The molecule has 4 heteroatoms. The van der Waals surface area contributed by atoms with E-state index in [4.69, 9.17) is 4.74 Å². The Kier molecular flexibility index (Phi) is 3.79. The Morgan fingerprint density at radius 3 is 1.91 bits per heavy atom. The van der Waals surface area contributed by atoms with E-state index in [9.17, 15) is 4.79 Å². The van der Waals surface area contributed by atoms with Gasteiger partial charge in [0.1, 0.15) is 5.60 Å². The van der Waals surface area contributed by atoms with Gasteiger partial charge in [0.2, 0.25) is 0 Å². The molecule has 2 saturated heterocycles. The van der Waals surface area contributed by atoms with Crippen molar-refractivity contribution in [2.75, 3.05) is 0 Å². The Balaban J connectivity index is 1.61. The Morgan fingerprint density at radius 2 is 1.52 bits per heavy atom. The van der Waals surface area contributed by atoms with E-state index in [1.807, 2.05) is 25.7 Å². The van der Waals surface area contributed by atoms with Gasteiger partial charge in [-0.3, -0.25) is 0 Å². The number of carbonyl (C=O) groups excluding carboxylic acids is 1.